The number of nitrogens with two attached hydrogens (primary N) is 3. The summed E-state index contributed by atoms with van der Waals surface area (Å²) in [7, 11) is 0. The molecule has 0 unspecified atom stereocenters. The Balaban J connectivity index is 2.11. The second-order valence-corrected chi connectivity index (χ2v) is 8.76. The van der Waals surface area contributed by atoms with Crippen LogP contribution in [0.5, 0.6) is 5.75 Å². The van der Waals surface area contributed by atoms with E-state index in [1.54, 1.807) is 12.1 Å². The van der Waals surface area contributed by atoms with E-state index in [1.807, 2.05) is 50.2 Å². The average Bonchev–Trinajstić information content (AvgIpc) is 2.88. The molecule has 37 heavy (non-hydrogen) atoms. The zero-order chi connectivity index (χ0) is 27.2. The molecule has 2 aromatic rings. The summed E-state index contributed by atoms with van der Waals surface area (Å²) < 4.78 is 5.56. The molecule has 0 saturated heterocycles. The first-order chi connectivity index (χ1) is 17.8. The highest BCUT2D eigenvalue weighted by atomic mass is 16.5. The summed E-state index contributed by atoms with van der Waals surface area (Å²) in [6.07, 6.45) is 0.706. The number of benzene rings is 2. The first-order valence-electron chi connectivity index (χ1n) is 12.6. The summed E-state index contributed by atoms with van der Waals surface area (Å²) >= 11 is 0. The van der Waals surface area contributed by atoms with E-state index in [0.717, 1.165) is 16.9 Å². The van der Waals surface area contributed by atoms with E-state index >= 15 is 0 Å². The SMILES string of the molecule is CCOc1ccc(NC(=O)[C@H](CCc2ccccc2)NC(=O)[C@@H](N)CC(=O)N(CCN)CCN)cc1C. The third-order valence-corrected chi connectivity index (χ3v) is 5.82. The van der Waals surface area contributed by atoms with Crippen LogP contribution >= 0.6 is 0 Å². The van der Waals surface area contributed by atoms with Crippen molar-refractivity contribution in [2.24, 2.45) is 17.2 Å². The Kier molecular flexibility index (Phi) is 12.5. The summed E-state index contributed by atoms with van der Waals surface area (Å²) in [5.74, 6) is -0.527. The van der Waals surface area contributed by atoms with E-state index in [4.69, 9.17) is 21.9 Å². The predicted molar refractivity (Wildman–Crippen MR) is 145 cm³/mol. The second-order valence-electron chi connectivity index (χ2n) is 8.76. The highest BCUT2D eigenvalue weighted by molar-refractivity contribution is 5.98. The smallest absolute Gasteiger partial charge is 0.246 e. The normalized spacial score (nSPS) is 12.4. The van der Waals surface area contributed by atoms with Crippen LogP contribution in [-0.4, -0.2) is 67.5 Å². The molecule has 0 fully saturated rings. The molecule has 2 aromatic carbocycles. The second kappa shape index (κ2) is 15.6. The molecular formula is C27H40N6O4. The van der Waals surface area contributed by atoms with Gasteiger partial charge in [-0.15, -0.1) is 0 Å². The van der Waals surface area contributed by atoms with Crippen LogP contribution in [0.15, 0.2) is 48.5 Å². The molecule has 2 rings (SSSR count). The van der Waals surface area contributed by atoms with Gasteiger partial charge in [0.05, 0.1) is 19.1 Å². The Morgan fingerprint density at radius 3 is 2.27 bits per heavy atom. The Morgan fingerprint density at radius 1 is 1.00 bits per heavy atom. The molecule has 0 radical (unpaired) electrons. The topological polar surface area (TPSA) is 166 Å². The molecule has 10 nitrogen and oxygen atoms in total. The van der Waals surface area contributed by atoms with Gasteiger partial charge < -0.3 is 37.5 Å². The van der Waals surface area contributed by atoms with Crippen molar-refractivity contribution in [1.82, 2.24) is 10.2 Å². The number of hydrogen-bond acceptors (Lipinski definition) is 7. The Morgan fingerprint density at radius 2 is 1.68 bits per heavy atom. The number of nitrogens with zero attached hydrogens (tertiary/aromatic N) is 1. The number of amides is 3. The maximum atomic E-state index is 13.2. The van der Waals surface area contributed by atoms with Crippen molar-refractivity contribution in [2.45, 2.75) is 45.2 Å². The van der Waals surface area contributed by atoms with Gasteiger partial charge in [0.15, 0.2) is 0 Å². The summed E-state index contributed by atoms with van der Waals surface area (Å²) in [5.41, 5.74) is 19.7. The van der Waals surface area contributed by atoms with Crippen LogP contribution in [0.1, 0.15) is 30.9 Å². The van der Waals surface area contributed by atoms with E-state index in [9.17, 15) is 14.4 Å². The van der Waals surface area contributed by atoms with E-state index in [2.05, 4.69) is 10.6 Å². The van der Waals surface area contributed by atoms with Gasteiger partial charge in [-0.2, -0.15) is 0 Å². The predicted octanol–water partition coefficient (Wildman–Crippen LogP) is 0.913. The molecule has 202 valence electrons. The van der Waals surface area contributed by atoms with Crippen LogP contribution in [0.2, 0.25) is 0 Å². The molecule has 0 bridgehead atoms. The monoisotopic (exact) mass is 512 g/mol. The molecule has 0 spiro atoms. The lowest BCUT2D eigenvalue weighted by molar-refractivity contribution is -0.134. The number of nitrogens with one attached hydrogen (secondary N) is 2. The maximum absolute atomic E-state index is 13.2. The zero-order valence-electron chi connectivity index (χ0n) is 21.7. The maximum Gasteiger partial charge on any atom is 0.246 e. The van der Waals surface area contributed by atoms with E-state index in [1.165, 1.54) is 4.90 Å². The molecule has 0 aromatic heterocycles. The number of aryl methyl sites for hydroxylation is 2. The number of anilines is 1. The standard InChI is InChI=1S/C27H40N6O4/c1-3-37-24-12-10-21(17-19(24)2)31-27(36)23(11-9-20-7-5-4-6-8-20)32-26(35)22(30)18-25(34)33(15-13-28)16-14-29/h4-8,10,12,17,22-23H,3,9,11,13-16,18,28-30H2,1-2H3,(H,31,36)(H,32,35)/t22-,23-/m0/s1. The van der Waals surface area contributed by atoms with Gasteiger partial charge >= 0.3 is 0 Å². The van der Waals surface area contributed by atoms with Crippen molar-refractivity contribution in [1.29, 1.82) is 0 Å². The van der Waals surface area contributed by atoms with Crippen molar-refractivity contribution in [3.63, 3.8) is 0 Å². The lowest BCUT2D eigenvalue weighted by Crippen LogP contribution is -2.52. The van der Waals surface area contributed by atoms with E-state index in [-0.39, 0.29) is 31.3 Å². The molecule has 0 aliphatic heterocycles. The van der Waals surface area contributed by atoms with Gasteiger partial charge in [-0.3, -0.25) is 14.4 Å². The fourth-order valence-corrected chi connectivity index (χ4v) is 3.86. The molecule has 0 aliphatic rings. The van der Waals surface area contributed by atoms with Crippen molar-refractivity contribution < 1.29 is 19.1 Å². The summed E-state index contributed by atoms with van der Waals surface area (Å²) in [6.45, 7) is 5.55. The first kappa shape index (κ1) is 29.8. The van der Waals surface area contributed by atoms with E-state index < -0.39 is 18.0 Å². The van der Waals surface area contributed by atoms with Gasteiger partial charge in [-0.25, -0.2) is 0 Å². The number of hydrogen-bond donors (Lipinski definition) is 5. The third-order valence-electron chi connectivity index (χ3n) is 5.82. The van der Waals surface area contributed by atoms with Crippen molar-refractivity contribution in [3.05, 3.63) is 59.7 Å². The first-order valence-corrected chi connectivity index (χ1v) is 12.6. The number of carbonyl (C=O) groups excluding carboxylic acids is 3. The molecule has 0 saturated carbocycles. The van der Waals surface area contributed by atoms with Gasteiger partial charge in [0, 0.05) is 31.9 Å². The average molecular weight is 513 g/mol. The Bertz CT molecular complexity index is 1010. The van der Waals surface area contributed by atoms with Gasteiger partial charge in [0.2, 0.25) is 17.7 Å². The number of ether oxygens (including phenoxy) is 1. The highest BCUT2D eigenvalue weighted by Crippen LogP contribution is 2.22. The van der Waals surface area contributed by atoms with Gasteiger partial charge in [0.1, 0.15) is 11.8 Å². The third kappa shape index (κ3) is 9.83. The Labute approximate surface area is 218 Å². The van der Waals surface area contributed by atoms with Crippen LogP contribution in [0.3, 0.4) is 0 Å². The minimum Gasteiger partial charge on any atom is -0.494 e. The van der Waals surface area contributed by atoms with Gasteiger partial charge in [-0.1, -0.05) is 30.3 Å². The van der Waals surface area contributed by atoms with Gasteiger partial charge in [0.25, 0.3) is 0 Å². The van der Waals surface area contributed by atoms with E-state index in [0.29, 0.717) is 38.2 Å². The van der Waals surface area contributed by atoms with Crippen molar-refractivity contribution in [2.75, 3.05) is 38.1 Å². The van der Waals surface area contributed by atoms with Crippen LogP contribution < -0.4 is 32.6 Å². The fraction of sp³-hybridized carbons (Fsp3) is 0.444. The minimum atomic E-state index is -1.12. The minimum absolute atomic E-state index is 0.211. The largest absolute Gasteiger partial charge is 0.494 e. The summed E-state index contributed by atoms with van der Waals surface area (Å²) in [5, 5.41) is 5.61. The van der Waals surface area contributed by atoms with Crippen LogP contribution in [0.4, 0.5) is 5.69 Å². The van der Waals surface area contributed by atoms with Crippen molar-refractivity contribution >= 4 is 23.4 Å². The molecular weight excluding hydrogens is 472 g/mol. The number of rotatable bonds is 15. The molecule has 10 heteroatoms. The van der Waals surface area contributed by atoms with Crippen molar-refractivity contribution in [3.8, 4) is 5.75 Å². The summed E-state index contributed by atoms with van der Waals surface area (Å²) in [6, 6.07) is 13.0. The van der Waals surface area contributed by atoms with Gasteiger partial charge in [-0.05, 0) is 56.0 Å². The number of carbonyl (C=O) groups is 3. The molecule has 8 N–H and O–H groups in total. The van der Waals surface area contributed by atoms with Crippen LogP contribution in [0, 0.1) is 6.92 Å². The fourth-order valence-electron chi connectivity index (χ4n) is 3.86. The summed E-state index contributed by atoms with van der Waals surface area (Å²) in [4.78, 5) is 40.2. The Hall–Kier alpha value is -3.47. The zero-order valence-corrected chi connectivity index (χ0v) is 21.7. The van der Waals surface area contributed by atoms with Crippen LogP contribution in [0.25, 0.3) is 0 Å². The quantitative estimate of drug-likeness (QED) is 0.236. The molecule has 2 atom stereocenters. The highest BCUT2D eigenvalue weighted by Gasteiger charge is 2.26. The molecule has 0 heterocycles. The molecule has 3 amide bonds. The lowest BCUT2D eigenvalue weighted by Gasteiger charge is -2.24. The molecule has 0 aliphatic carbocycles. The van der Waals surface area contributed by atoms with Crippen LogP contribution in [-0.2, 0) is 20.8 Å². The lowest BCUT2D eigenvalue weighted by atomic mass is 10.0.